The third kappa shape index (κ3) is 3.04. The molecule has 20 heavy (non-hydrogen) atoms. The molecule has 0 radical (unpaired) electrons. The summed E-state index contributed by atoms with van der Waals surface area (Å²) in [4.78, 5) is 2.59. The van der Waals surface area contributed by atoms with Gasteiger partial charge >= 0.3 is 0 Å². The number of likely N-dealkylation sites (tertiary alicyclic amines) is 1. The molecular formula is C13H21N7. The van der Waals surface area contributed by atoms with Gasteiger partial charge in [0, 0.05) is 19.1 Å². The fraction of sp³-hybridized carbons (Fsp3) is 0.692. The van der Waals surface area contributed by atoms with Crippen LogP contribution in [0.3, 0.4) is 0 Å². The molecule has 1 aliphatic rings. The highest BCUT2D eigenvalue weighted by Crippen LogP contribution is 2.16. The van der Waals surface area contributed by atoms with Crippen molar-refractivity contribution in [1.82, 2.24) is 30.2 Å². The van der Waals surface area contributed by atoms with Gasteiger partial charge in [-0.25, -0.2) is 0 Å². The van der Waals surface area contributed by atoms with Crippen molar-refractivity contribution in [2.75, 3.05) is 25.0 Å². The molecule has 2 aromatic heterocycles. The van der Waals surface area contributed by atoms with Crippen LogP contribution in [0.5, 0.6) is 0 Å². The van der Waals surface area contributed by atoms with Gasteiger partial charge < -0.3 is 10.2 Å². The number of rotatable bonds is 5. The minimum Gasteiger partial charge on any atom is -0.369 e. The monoisotopic (exact) mass is 275 g/mol. The Balaban J connectivity index is 1.45. The van der Waals surface area contributed by atoms with Gasteiger partial charge in [-0.3, -0.25) is 0 Å². The van der Waals surface area contributed by atoms with E-state index in [9.17, 15) is 0 Å². The highest BCUT2D eigenvalue weighted by molar-refractivity contribution is 5.41. The van der Waals surface area contributed by atoms with Crippen LogP contribution in [0.25, 0.3) is 5.65 Å². The first kappa shape index (κ1) is 13.2. The maximum Gasteiger partial charge on any atom is 0.200 e. The Bertz CT molecular complexity index is 552. The summed E-state index contributed by atoms with van der Waals surface area (Å²) in [5, 5.41) is 18.8. The summed E-state index contributed by atoms with van der Waals surface area (Å²) in [6.07, 6.45) is 5.19. The Kier molecular flexibility index (Phi) is 4.05. The van der Waals surface area contributed by atoms with Crippen LogP contribution in [0, 0.1) is 0 Å². The largest absolute Gasteiger partial charge is 0.369 e. The van der Waals surface area contributed by atoms with E-state index in [0.717, 1.165) is 31.4 Å². The second kappa shape index (κ2) is 6.13. The van der Waals surface area contributed by atoms with Crippen molar-refractivity contribution in [2.45, 2.75) is 38.6 Å². The van der Waals surface area contributed by atoms with Gasteiger partial charge in [-0.15, -0.1) is 14.8 Å². The molecular weight excluding hydrogens is 254 g/mol. The third-order valence-electron chi connectivity index (χ3n) is 3.94. The lowest BCUT2D eigenvalue weighted by Crippen LogP contribution is -2.38. The van der Waals surface area contributed by atoms with E-state index in [2.05, 4.69) is 37.8 Å². The predicted molar refractivity (Wildman–Crippen MR) is 76.6 cm³/mol. The zero-order valence-corrected chi connectivity index (χ0v) is 11.9. The first-order valence-corrected chi connectivity index (χ1v) is 7.36. The van der Waals surface area contributed by atoms with Gasteiger partial charge in [0.25, 0.3) is 0 Å². The van der Waals surface area contributed by atoms with Crippen LogP contribution in [0.1, 0.15) is 32.6 Å². The average Bonchev–Trinajstić information content (AvgIpc) is 2.93. The predicted octanol–water partition coefficient (Wildman–Crippen LogP) is 1.20. The molecule has 0 aliphatic carbocycles. The normalized spacial score (nSPS) is 20.4. The highest BCUT2D eigenvalue weighted by Gasteiger charge is 2.16. The minimum absolute atomic E-state index is 0.665. The molecule has 0 bridgehead atoms. The molecule has 1 N–H and O–H groups in total. The summed E-state index contributed by atoms with van der Waals surface area (Å²) in [6, 6.07) is 4.51. The van der Waals surface area contributed by atoms with Gasteiger partial charge in [-0.05, 0) is 55.3 Å². The van der Waals surface area contributed by atoms with E-state index in [1.165, 1.54) is 30.4 Å². The van der Waals surface area contributed by atoms with Crippen LogP contribution in [0.15, 0.2) is 12.1 Å². The van der Waals surface area contributed by atoms with Gasteiger partial charge in [-0.2, -0.15) is 0 Å². The van der Waals surface area contributed by atoms with Crippen molar-refractivity contribution in [3.05, 3.63) is 12.1 Å². The van der Waals surface area contributed by atoms with Gasteiger partial charge in [0.2, 0.25) is 0 Å². The van der Waals surface area contributed by atoms with E-state index in [0.29, 0.717) is 5.65 Å². The van der Waals surface area contributed by atoms with Crippen molar-refractivity contribution in [1.29, 1.82) is 0 Å². The van der Waals surface area contributed by atoms with Crippen molar-refractivity contribution >= 4 is 11.5 Å². The topological polar surface area (TPSA) is 71.2 Å². The van der Waals surface area contributed by atoms with Crippen LogP contribution in [0.4, 0.5) is 5.82 Å². The second-order valence-corrected chi connectivity index (χ2v) is 5.41. The van der Waals surface area contributed by atoms with Gasteiger partial charge in [0.1, 0.15) is 5.82 Å². The molecule has 1 saturated heterocycles. The molecule has 0 unspecified atom stereocenters. The van der Waals surface area contributed by atoms with Crippen LogP contribution >= 0.6 is 0 Å². The molecule has 1 aliphatic heterocycles. The Morgan fingerprint density at radius 3 is 3.20 bits per heavy atom. The number of aromatic nitrogens is 5. The molecule has 7 nitrogen and oxygen atoms in total. The molecule has 108 valence electrons. The molecule has 7 heteroatoms. The number of hydrogen-bond donors (Lipinski definition) is 1. The summed E-state index contributed by atoms with van der Waals surface area (Å²) in [5.41, 5.74) is 0.665. The highest BCUT2D eigenvalue weighted by atomic mass is 15.6. The summed E-state index contributed by atoms with van der Waals surface area (Å²) in [7, 11) is 0. The smallest absolute Gasteiger partial charge is 0.200 e. The number of anilines is 1. The third-order valence-corrected chi connectivity index (χ3v) is 3.94. The molecule has 2 aromatic rings. The van der Waals surface area contributed by atoms with E-state index in [-0.39, 0.29) is 0 Å². The molecule has 3 heterocycles. The molecule has 1 atom stereocenters. The van der Waals surface area contributed by atoms with Crippen LogP contribution in [0.2, 0.25) is 0 Å². The molecule has 3 rings (SSSR count). The van der Waals surface area contributed by atoms with E-state index in [1.807, 2.05) is 12.1 Å². The van der Waals surface area contributed by atoms with Gasteiger partial charge in [0.05, 0.1) is 0 Å². The zero-order valence-electron chi connectivity index (χ0n) is 11.9. The number of tetrazole rings is 1. The first-order valence-electron chi connectivity index (χ1n) is 7.36. The minimum atomic E-state index is 0.665. The summed E-state index contributed by atoms with van der Waals surface area (Å²) < 4.78 is 1.44. The van der Waals surface area contributed by atoms with E-state index in [4.69, 9.17) is 0 Å². The van der Waals surface area contributed by atoms with E-state index >= 15 is 0 Å². The zero-order chi connectivity index (χ0) is 13.8. The Labute approximate surface area is 118 Å². The lowest BCUT2D eigenvalue weighted by molar-refractivity contribution is 0.160. The van der Waals surface area contributed by atoms with E-state index in [1.54, 1.807) is 0 Å². The number of nitrogens with one attached hydrogen (secondary N) is 1. The Morgan fingerprint density at radius 2 is 2.30 bits per heavy atom. The lowest BCUT2D eigenvalue weighted by Gasteiger charge is -2.33. The number of nitrogens with zero attached hydrogens (tertiary/aromatic N) is 6. The molecule has 1 fully saturated rings. The van der Waals surface area contributed by atoms with Crippen molar-refractivity contribution in [3.63, 3.8) is 0 Å². The number of fused-ring (bicyclic) bond motifs is 1. The first-order chi connectivity index (χ1) is 9.83. The standard InChI is InChI=1S/C13H21N7/c1-11-5-2-3-9-19(11)10-4-8-14-12-6-7-13-15-17-18-20(13)16-12/h6-7,11H,2-5,8-10H2,1H3,(H,14,16)/t11-/m1/s1. The van der Waals surface area contributed by atoms with Crippen LogP contribution in [-0.4, -0.2) is 55.8 Å². The lowest BCUT2D eigenvalue weighted by atomic mass is 10.0. The van der Waals surface area contributed by atoms with Gasteiger partial charge in [-0.1, -0.05) is 6.42 Å². The van der Waals surface area contributed by atoms with Crippen molar-refractivity contribution in [3.8, 4) is 0 Å². The van der Waals surface area contributed by atoms with Crippen LogP contribution in [-0.2, 0) is 0 Å². The maximum absolute atomic E-state index is 4.29. The second-order valence-electron chi connectivity index (χ2n) is 5.41. The quantitative estimate of drug-likeness (QED) is 0.827. The Hall–Kier alpha value is -1.76. The summed E-state index contributed by atoms with van der Waals surface area (Å²) in [5.74, 6) is 0.816. The number of hydrogen-bond acceptors (Lipinski definition) is 6. The number of piperidine rings is 1. The van der Waals surface area contributed by atoms with Crippen molar-refractivity contribution in [2.24, 2.45) is 0 Å². The fourth-order valence-electron chi connectivity index (χ4n) is 2.73. The van der Waals surface area contributed by atoms with E-state index < -0.39 is 0 Å². The van der Waals surface area contributed by atoms with Crippen molar-refractivity contribution < 1.29 is 0 Å². The molecule has 0 spiro atoms. The van der Waals surface area contributed by atoms with Gasteiger partial charge in [0.15, 0.2) is 5.65 Å². The molecule has 0 aromatic carbocycles. The Morgan fingerprint density at radius 1 is 1.35 bits per heavy atom. The molecule has 0 saturated carbocycles. The van der Waals surface area contributed by atoms with Crippen LogP contribution < -0.4 is 5.32 Å². The maximum atomic E-state index is 4.29. The fourth-order valence-corrected chi connectivity index (χ4v) is 2.73. The average molecular weight is 275 g/mol. The summed E-state index contributed by atoms with van der Waals surface area (Å²) in [6.45, 7) is 5.65. The SMILES string of the molecule is C[C@@H]1CCCCN1CCCNc1ccc2nnnn2n1. The summed E-state index contributed by atoms with van der Waals surface area (Å²) >= 11 is 0. The molecule has 0 amide bonds.